The van der Waals surface area contributed by atoms with Gasteiger partial charge in [0.05, 0.1) is 0 Å². The summed E-state index contributed by atoms with van der Waals surface area (Å²) in [5.74, 6) is 0.938. The van der Waals surface area contributed by atoms with Crippen molar-refractivity contribution in [2.75, 3.05) is 0 Å². The molecule has 0 atom stereocenters. The number of hydrogen-bond donors (Lipinski definition) is 0. The van der Waals surface area contributed by atoms with Gasteiger partial charge >= 0.3 is 0 Å². The predicted molar refractivity (Wildman–Crippen MR) is 96.6 cm³/mol. The van der Waals surface area contributed by atoms with Gasteiger partial charge in [0.25, 0.3) is 0 Å². The van der Waals surface area contributed by atoms with Crippen molar-refractivity contribution in [3.63, 3.8) is 0 Å². The lowest BCUT2D eigenvalue weighted by atomic mass is 10.1. The van der Waals surface area contributed by atoms with E-state index in [9.17, 15) is 0 Å². The molecule has 0 aliphatic heterocycles. The Bertz CT molecular complexity index is 432. The molecule has 1 heterocycles. The maximum Gasteiger partial charge on any atom is 0.0153 e. The molecule has 2 heteroatoms. The summed E-state index contributed by atoms with van der Waals surface area (Å²) in [7, 11) is 0.153. The minimum Gasteiger partial charge on any atom is -0.148 e. The van der Waals surface area contributed by atoms with Gasteiger partial charge < -0.3 is 0 Å². The summed E-state index contributed by atoms with van der Waals surface area (Å²) in [6, 6.07) is 2.57. The van der Waals surface area contributed by atoms with Crippen LogP contribution in [0.5, 0.6) is 0 Å². The first-order valence-corrected chi connectivity index (χ1v) is 11.6. The van der Waals surface area contributed by atoms with Crippen LogP contribution in [0.3, 0.4) is 0 Å². The van der Waals surface area contributed by atoms with Crippen molar-refractivity contribution in [2.24, 2.45) is 0 Å². The highest BCUT2D eigenvalue weighted by Gasteiger charge is 2.36. The Labute approximate surface area is 135 Å². The van der Waals surface area contributed by atoms with Crippen molar-refractivity contribution in [1.82, 2.24) is 0 Å². The van der Waals surface area contributed by atoms with E-state index in [1.165, 1.54) is 51.4 Å². The molecule has 1 aromatic heterocycles. The van der Waals surface area contributed by atoms with Crippen LogP contribution in [0.4, 0.5) is 0 Å². The van der Waals surface area contributed by atoms with E-state index in [-0.39, 0.29) is 7.92 Å². The molecule has 0 radical (unpaired) electrons. The Hall–Kier alpha value is 0.130. The first-order valence-electron chi connectivity index (χ1n) is 9.29. The molecule has 21 heavy (non-hydrogen) atoms. The molecule has 4 rings (SSSR count). The fourth-order valence-corrected chi connectivity index (χ4v) is 10.5. The average Bonchev–Trinajstić information content (AvgIpc) is 3.30. The topological polar surface area (TPSA) is 0 Å². The Morgan fingerprint density at radius 2 is 1.29 bits per heavy atom. The third-order valence-electron chi connectivity index (χ3n) is 6.11. The molecule has 0 unspecified atom stereocenters. The van der Waals surface area contributed by atoms with Crippen molar-refractivity contribution < 1.29 is 0 Å². The molecule has 0 aromatic carbocycles. The second-order valence-corrected chi connectivity index (χ2v) is 11.1. The lowest BCUT2D eigenvalue weighted by molar-refractivity contribution is 0.740. The van der Waals surface area contributed by atoms with Gasteiger partial charge in [-0.15, -0.1) is 11.3 Å². The Morgan fingerprint density at radius 3 is 1.86 bits per heavy atom. The van der Waals surface area contributed by atoms with Gasteiger partial charge in [-0.3, -0.25) is 0 Å². The van der Waals surface area contributed by atoms with E-state index in [4.69, 9.17) is 0 Å². The van der Waals surface area contributed by atoms with Crippen LogP contribution >= 0.6 is 19.3 Å². The second-order valence-electron chi connectivity index (χ2n) is 7.44. The average molecular weight is 320 g/mol. The molecular weight excluding hydrogens is 291 g/mol. The van der Waals surface area contributed by atoms with Crippen LogP contribution < -0.4 is 5.30 Å². The van der Waals surface area contributed by atoms with Gasteiger partial charge in [-0.05, 0) is 72.5 Å². The van der Waals surface area contributed by atoms with E-state index in [2.05, 4.69) is 22.8 Å². The van der Waals surface area contributed by atoms with Gasteiger partial charge in [0.1, 0.15) is 0 Å². The van der Waals surface area contributed by atoms with E-state index < -0.39 is 0 Å². The molecule has 3 fully saturated rings. The van der Waals surface area contributed by atoms with Crippen LogP contribution in [0.2, 0.25) is 0 Å². The largest absolute Gasteiger partial charge is 0.148 e. The van der Waals surface area contributed by atoms with Gasteiger partial charge in [0.15, 0.2) is 0 Å². The highest BCUT2D eigenvalue weighted by molar-refractivity contribution is 7.67. The molecule has 1 aromatic rings. The van der Waals surface area contributed by atoms with Crippen molar-refractivity contribution in [3.05, 3.63) is 16.3 Å². The van der Waals surface area contributed by atoms with E-state index in [1.54, 1.807) is 25.7 Å². The lowest BCUT2D eigenvalue weighted by Crippen LogP contribution is -2.21. The van der Waals surface area contributed by atoms with Crippen LogP contribution in [0.1, 0.15) is 87.8 Å². The summed E-state index contributed by atoms with van der Waals surface area (Å²) in [6.07, 6.45) is 18.1. The highest BCUT2D eigenvalue weighted by atomic mass is 32.1. The van der Waals surface area contributed by atoms with E-state index >= 15 is 0 Å². The Kier molecular flexibility index (Phi) is 4.70. The normalized spacial score (nSPS) is 25.6. The van der Waals surface area contributed by atoms with Gasteiger partial charge in [-0.1, -0.05) is 46.4 Å². The second kappa shape index (κ2) is 6.71. The van der Waals surface area contributed by atoms with E-state index in [0.717, 1.165) is 17.2 Å². The lowest BCUT2D eigenvalue weighted by Gasteiger charge is -2.31. The predicted octanol–water partition coefficient (Wildman–Crippen LogP) is 6.40. The molecule has 116 valence electrons. The number of hydrogen-bond acceptors (Lipinski definition) is 1. The number of rotatable bonds is 4. The first-order chi connectivity index (χ1) is 10.4. The monoisotopic (exact) mass is 320 g/mol. The zero-order valence-corrected chi connectivity index (χ0v) is 14.9. The summed E-state index contributed by atoms with van der Waals surface area (Å²) in [5.41, 5.74) is 2.16. The third-order valence-corrected chi connectivity index (χ3v) is 10.9. The van der Waals surface area contributed by atoms with Gasteiger partial charge in [-0.2, -0.15) is 0 Å². The number of thiophene rings is 1. The molecule has 0 amide bonds. The first kappa shape index (κ1) is 14.7. The molecule has 3 aliphatic carbocycles. The molecule has 0 N–H and O–H groups in total. The smallest absolute Gasteiger partial charge is 0.0153 e. The highest BCUT2D eigenvalue weighted by Crippen LogP contribution is 2.58. The Morgan fingerprint density at radius 1 is 0.762 bits per heavy atom. The summed E-state index contributed by atoms with van der Waals surface area (Å²) in [6.45, 7) is 0. The molecular formula is C19H29PS. The molecule has 0 spiro atoms. The fraction of sp³-hybridized carbons (Fsp3) is 0.789. The molecule has 0 nitrogen and oxygen atoms in total. The van der Waals surface area contributed by atoms with Crippen molar-refractivity contribution in [1.29, 1.82) is 0 Å². The molecule has 0 bridgehead atoms. The zero-order valence-electron chi connectivity index (χ0n) is 13.2. The van der Waals surface area contributed by atoms with Crippen molar-refractivity contribution >= 4 is 24.6 Å². The minimum absolute atomic E-state index is 0.153. The SMILES string of the molecule is c1cc(P(C2CCCC2)C2CCCC2)c(C2CCCC2)s1. The van der Waals surface area contributed by atoms with Crippen molar-refractivity contribution in [3.8, 4) is 0 Å². The zero-order chi connectivity index (χ0) is 14.1. The minimum atomic E-state index is 0.153. The standard InChI is InChI=1S/C19H29PS/c1-2-8-15(7-1)19-18(13-14-21-19)20(16-9-3-4-10-16)17-11-5-6-12-17/h13-17H,1-12H2. The summed E-state index contributed by atoms with van der Waals surface area (Å²) in [5, 5.41) is 4.32. The fourth-order valence-electron chi connectivity index (χ4n) is 5.08. The molecule has 0 saturated heterocycles. The molecule has 3 saturated carbocycles. The summed E-state index contributed by atoms with van der Waals surface area (Å²) >= 11 is 2.11. The Balaban J connectivity index is 1.64. The van der Waals surface area contributed by atoms with Crippen molar-refractivity contribution in [2.45, 2.75) is 94.3 Å². The maximum atomic E-state index is 2.57. The van der Waals surface area contributed by atoms with Crippen LogP contribution in [-0.4, -0.2) is 11.3 Å². The van der Waals surface area contributed by atoms with Crippen LogP contribution in [-0.2, 0) is 0 Å². The third kappa shape index (κ3) is 2.98. The van der Waals surface area contributed by atoms with Crippen LogP contribution in [0.25, 0.3) is 0 Å². The van der Waals surface area contributed by atoms with E-state index in [1.807, 2.05) is 10.2 Å². The quantitative estimate of drug-likeness (QED) is 0.563. The van der Waals surface area contributed by atoms with Gasteiger partial charge in [0, 0.05) is 4.88 Å². The van der Waals surface area contributed by atoms with Gasteiger partial charge in [-0.25, -0.2) is 0 Å². The van der Waals surface area contributed by atoms with Gasteiger partial charge in [0.2, 0.25) is 0 Å². The van der Waals surface area contributed by atoms with E-state index in [0.29, 0.717) is 0 Å². The van der Waals surface area contributed by atoms with Crippen LogP contribution in [0.15, 0.2) is 11.4 Å². The molecule has 3 aliphatic rings. The maximum absolute atomic E-state index is 2.57. The summed E-state index contributed by atoms with van der Waals surface area (Å²) in [4.78, 5) is 1.84. The van der Waals surface area contributed by atoms with Crippen LogP contribution in [0, 0.1) is 0 Å². The summed E-state index contributed by atoms with van der Waals surface area (Å²) < 4.78 is 0.